The maximum atomic E-state index is 10.7. The maximum absolute atomic E-state index is 10.7. The van der Waals surface area contributed by atoms with Crippen molar-refractivity contribution in [3.05, 3.63) is 24.3 Å². The lowest BCUT2D eigenvalue weighted by molar-refractivity contribution is 0.599. The molecule has 0 radical (unpaired) electrons. The summed E-state index contributed by atoms with van der Waals surface area (Å²) < 4.78 is 10.7. The molecular formula is C6H8N2OS. The van der Waals surface area contributed by atoms with Crippen LogP contribution in [0.3, 0.4) is 0 Å². The molecule has 0 amide bonds. The van der Waals surface area contributed by atoms with Gasteiger partial charge in [-0.3, -0.25) is 9.97 Å². The smallest absolute Gasteiger partial charge is 0.148 e. The average molecular weight is 156 g/mol. The fraction of sp³-hybridized carbons (Fsp3) is 0.333. The average Bonchev–Trinajstić information content (AvgIpc) is 1.88. The molecule has 0 saturated heterocycles. The minimum Gasteiger partial charge on any atom is -0.616 e. The molecule has 0 aliphatic carbocycles. The summed E-state index contributed by atoms with van der Waals surface area (Å²) in [5.41, 5.74) is 0.781. The Hall–Kier alpha value is -0.610. The van der Waals surface area contributed by atoms with Crippen LogP contribution in [0.2, 0.25) is 0 Å². The fourth-order valence-electron chi connectivity index (χ4n) is 0.613. The van der Waals surface area contributed by atoms with Crippen molar-refractivity contribution in [1.82, 2.24) is 9.97 Å². The van der Waals surface area contributed by atoms with E-state index in [0.717, 1.165) is 5.69 Å². The molecular weight excluding hydrogens is 148 g/mol. The van der Waals surface area contributed by atoms with Gasteiger partial charge >= 0.3 is 0 Å². The first kappa shape index (κ1) is 7.50. The van der Waals surface area contributed by atoms with Gasteiger partial charge in [-0.2, -0.15) is 0 Å². The predicted octanol–water partition coefficient (Wildman–Crippen LogP) is 0.355. The van der Waals surface area contributed by atoms with Gasteiger partial charge in [0.15, 0.2) is 0 Å². The van der Waals surface area contributed by atoms with Crippen LogP contribution in [0.4, 0.5) is 0 Å². The second kappa shape index (κ2) is 3.53. The first-order valence-electron chi connectivity index (χ1n) is 2.84. The molecule has 0 saturated carbocycles. The van der Waals surface area contributed by atoms with Crippen LogP contribution in [0.25, 0.3) is 0 Å². The van der Waals surface area contributed by atoms with Crippen molar-refractivity contribution in [1.29, 1.82) is 0 Å². The highest BCUT2D eigenvalue weighted by molar-refractivity contribution is 7.89. The molecule has 0 aliphatic heterocycles. The first-order chi connectivity index (χ1) is 4.79. The van der Waals surface area contributed by atoms with E-state index in [4.69, 9.17) is 0 Å². The van der Waals surface area contributed by atoms with E-state index in [0.29, 0.717) is 5.75 Å². The van der Waals surface area contributed by atoms with Gasteiger partial charge < -0.3 is 4.55 Å². The monoisotopic (exact) mass is 156 g/mol. The number of hydrogen-bond donors (Lipinski definition) is 0. The molecule has 4 heteroatoms. The van der Waals surface area contributed by atoms with Crippen LogP contribution >= 0.6 is 0 Å². The van der Waals surface area contributed by atoms with E-state index in [9.17, 15) is 4.55 Å². The summed E-state index contributed by atoms with van der Waals surface area (Å²) in [6.07, 6.45) is 6.47. The summed E-state index contributed by atoms with van der Waals surface area (Å²) in [4.78, 5) is 7.80. The minimum atomic E-state index is -0.819. The summed E-state index contributed by atoms with van der Waals surface area (Å²) in [6, 6.07) is 0. The Morgan fingerprint density at radius 1 is 1.60 bits per heavy atom. The highest BCUT2D eigenvalue weighted by atomic mass is 32.2. The molecule has 0 bridgehead atoms. The lowest BCUT2D eigenvalue weighted by atomic mass is 10.5. The number of hydrogen-bond acceptors (Lipinski definition) is 3. The quantitative estimate of drug-likeness (QED) is 0.581. The SMILES string of the molecule is C[S+]([O-])Cc1cnccn1. The normalized spacial score (nSPS) is 13.0. The number of nitrogens with zero attached hydrogens (tertiary/aromatic N) is 2. The largest absolute Gasteiger partial charge is 0.616 e. The third kappa shape index (κ3) is 2.33. The van der Waals surface area contributed by atoms with Gasteiger partial charge in [0.25, 0.3) is 0 Å². The summed E-state index contributed by atoms with van der Waals surface area (Å²) in [5.74, 6) is 0.494. The molecule has 10 heavy (non-hydrogen) atoms. The van der Waals surface area contributed by atoms with Gasteiger partial charge in [-0.1, -0.05) is 11.2 Å². The second-order valence-corrected chi connectivity index (χ2v) is 3.35. The zero-order valence-electron chi connectivity index (χ0n) is 5.65. The zero-order chi connectivity index (χ0) is 7.40. The molecule has 0 spiro atoms. The predicted molar refractivity (Wildman–Crippen MR) is 39.8 cm³/mol. The van der Waals surface area contributed by atoms with E-state index in [1.54, 1.807) is 24.8 Å². The maximum Gasteiger partial charge on any atom is 0.148 e. The lowest BCUT2D eigenvalue weighted by Gasteiger charge is -2.01. The zero-order valence-corrected chi connectivity index (χ0v) is 6.47. The Balaban J connectivity index is 2.59. The van der Waals surface area contributed by atoms with Crippen LogP contribution in [-0.4, -0.2) is 20.8 Å². The molecule has 1 unspecified atom stereocenters. The highest BCUT2D eigenvalue weighted by Crippen LogP contribution is 1.96. The van der Waals surface area contributed by atoms with Gasteiger partial charge in [0, 0.05) is 12.4 Å². The van der Waals surface area contributed by atoms with Crippen molar-refractivity contribution in [2.45, 2.75) is 5.75 Å². The lowest BCUT2D eigenvalue weighted by Crippen LogP contribution is -2.02. The molecule has 1 aromatic heterocycles. The van der Waals surface area contributed by atoms with Crippen LogP contribution in [-0.2, 0) is 16.9 Å². The molecule has 54 valence electrons. The third-order valence-corrected chi connectivity index (χ3v) is 1.67. The molecule has 0 N–H and O–H groups in total. The molecule has 1 aromatic rings. The van der Waals surface area contributed by atoms with E-state index < -0.39 is 11.2 Å². The van der Waals surface area contributed by atoms with E-state index in [1.165, 1.54) is 0 Å². The third-order valence-electron chi connectivity index (χ3n) is 0.968. The molecule has 0 aliphatic rings. The van der Waals surface area contributed by atoms with Crippen LogP contribution < -0.4 is 0 Å². The molecule has 1 heterocycles. The molecule has 1 atom stereocenters. The Bertz CT molecular complexity index is 190. The fourth-order valence-corrected chi connectivity index (χ4v) is 1.18. The van der Waals surface area contributed by atoms with E-state index >= 15 is 0 Å². The van der Waals surface area contributed by atoms with E-state index in [2.05, 4.69) is 9.97 Å². The highest BCUT2D eigenvalue weighted by Gasteiger charge is 1.99. The molecule has 1 rings (SSSR count). The summed E-state index contributed by atoms with van der Waals surface area (Å²) in [5, 5.41) is 0. The van der Waals surface area contributed by atoms with Gasteiger partial charge in [-0.25, -0.2) is 0 Å². The molecule has 3 nitrogen and oxygen atoms in total. The number of aromatic nitrogens is 2. The van der Waals surface area contributed by atoms with Crippen molar-refractivity contribution in [3.63, 3.8) is 0 Å². The summed E-state index contributed by atoms with van der Waals surface area (Å²) in [7, 11) is 0. The van der Waals surface area contributed by atoms with Crippen molar-refractivity contribution < 1.29 is 4.55 Å². The second-order valence-electron chi connectivity index (χ2n) is 1.91. The van der Waals surface area contributed by atoms with E-state index in [1.807, 2.05) is 0 Å². The van der Waals surface area contributed by atoms with Crippen LogP contribution in [0, 0.1) is 0 Å². The van der Waals surface area contributed by atoms with Crippen molar-refractivity contribution in [2.75, 3.05) is 6.26 Å². The first-order valence-corrected chi connectivity index (χ1v) is 4.56. The van der Waals surface area contributed by atoms with Crippen LogP contribution in [0.5, 0.6) is 0 Å². The van der Waals surface area contributed by atoms with Crippen molar-refractivity contribution >= 4 is 11.2 Å². The van der Waals surface area contributed by atoms with E-state index in [-0.39, 0.29) is 0 Å². The van der Waals surface area contributed by atoms with Gasteiger partial charge in [0.05, 0.1) is 12.5 Å². The molecule has 0 aromatic carbocycles. The van der Waals surface area contributed by atoms with Gasteiger partial charge in [-0.05, 0) is 0 Å². The Morgan fingerprint density at radius 3 is 2.90 bits per heavy atom. The Labute approximate surface area is 62.7 Å². The van der Waals surface area contributed by atoms with Crippen molar-refractivity contribution in [3.8, 4) is 0 Å². The van der Waals surface area contributed by atoms with Gasteiger partial charge in [-0.15, -0.1) is 0 Å². The van der Waals surface area contributed by atoms with Crippen LogP contribution in [0.15, 0.2) is 18.6 Å². The Morgan fingerprint density at radius 2 is 2.40 bits per heavy atom. The van der Waals surface area contributed by atoms with Gasteiger partial charge in [0.1, 0.15) is 11.4 Å². The topological polar surface area (TPSA) is 48.8 Å². The molecule has 0 fully saturated rings. The minimum absolute atomic E-state index is 0.494. The summed E-state index contributed by atoms with van der Waals surface area (Å²) >= 11 is -0.819. The van der Waals surface area contributed by atoms with Crippen molar-refractivity contribution in [2.24, 2.45) is 0 Å². The van der Waals surface area contributed by atoms with Gasteiger partial charge in [0.2, 0.25) is 0 Å². The van der Waals surface area contributed by atoms with Crippen LogP contribution in [0.1, 0.15) is 5.69 Å². The summed E-state index contributed by atoms with van der Waals surface area (Å²) in [6.45, 7) is 0. The standard InChI is InChI=1S/C6H8N2OS/c1-10(9)5-6-4-7-2-3-8-6/h2-4H,5H2,1H3. The Kier molecular flexibility index (Phi) is 2.65. The number of rotatable bonds is 2.